The van der Waals surface area contributed by atoms with Crippen LogP contribution in [0.2, 0.25) is 0 Å². The van der Waals surface area contributed by atoms with Gasteiger partial charge < -0.3 is 9.47 Å². The molecule has 0 amide bonds. The van der Waals surface area contributed by atoms with E-state index >= 15 is 0 Å². The molecule has 1 aliphatic heterocycles. The molecule has 0 bridgehead atoms. The molecule has 96 valence electrons. The highest BCUT2D eigenvalue weighted by atomic mass is 16.7. The lowest BCUT2D eigenvalue weighted by molar-refractivity contribution is -0.0444. The molecule has 0 aliphatic carbocycles. The van der Waals surface area contributed by atoms with Gasteiger partial charge in [-0.15, -0.1) is 0 Å². The zero-order chi connectivity index (χ0) is 13.1. The van der Waals surface area contributed by atoms with Crippen molar-refractivity contribution in [2.75, 3.05) is 13.2 Å². The molecule has 3 rings (SSSR count). The van der Waals surface area contributed by atoms with Crippen LogP contribution < -0.4 is 0 Å². The molecule has 2 heterocycles. The SMILES string of the molecule is O=C(c1ccncc1)c1ccccc1C1OCCO1. The molecular formula is C15H13NO3. The van der Waals surface area contributed by atoms with Crippen LogP contribution in [0.4, 0.5) is 0 Å². The first-order valence-electron chi connectivity index (χ1n) is 6.13. The van der Waals surface area contributed by atoms with Gasteiger partial charge in [-0.25, -0.2) is 0 Å². The van der Waals surface area contributed by atoms with Crippen LogP contribution in [0.5, 0.6) is 0 Å². The van der Waals surface area contributed by atoms with E-state index < -0.39 is 6.29 Å². The molecule has 1 aromatic carbocycles. The van der Waals surface area contributed by atoms with Crippen molar-refractivity contribution in [2.24, 2.45) is 0 Å². The summed E-state index contributed by atoms with van der Waals surface area (Å²) >= 11 is 0. The van der Waals surface area contributed by atoms with Crippen molar-refractivity contribution in [3.8, 4) is 0 Å². The van der Waals surface area contributed by atoms with Crippen molar-refractivity contribution >= 4 is 5.78 Å². The average Bonchev–Trinajstić information content (AvgIpc) is 3.01. The number of ether oxygens (including phenoxy) is 2. The van der Waals surface area contributed by atoms with Crippen LogP contribution in [0, 0.1) is 0 Å². The minimum absolute atomic E-state index is 0.0444. The minimum Gasteiger partial charge on any atom is -0.346 e. The molecule has 19 heavy (non-hydrogen) atoms. The van der Waals surface area contributed by atoms with Gasteiger partial charge in [0.2, 0.25) is 0 Å². The zero-order valence-electron chi connectivity index (χ0n) is 10.3. The van der Waals surface area contributed by atoms with Gasteiger partial charge in [-0.05, 0) is 12.1 Å². The molecule has 0 unspecified atom stereocenters. The van der Waals surface area contributed by atoms with Crippen molar-refractivity contribution in [1.29, 1.82) is 0 Å². The average molecular weight is 255 g/mol. The fraction of sp³-hybridized carbons (Fsp3) is 0.200. The topological polar surface area (TPSA) is 48.4 Å². The molecule has 0 spiro atoms. The van der Waals surface area contributed by atoms with E-state index in [1.54, 1.807) is 30.6 Å². The molecule has 2 aromatic rings. The summed E-state index contributed by atoms with van der Waals surface area (Å²) in [6, 6.07) is 10.8. The van der Waals surface area contributed by atoms with Crippen molar-refractivity contribution in [3.63, 3.8) is 0 Å². The van der Waals surface area contributed by atoms with Gasteiger partial charge in [0.05, 0.1) is 13.2 Å². The number of benzene rings is 1. The van der Waals surface area contributed by atoms with Crippen molar-refractivity contribution in [2.45, 2.75) is 6.29 Å². The van der Waals surface area contributed by atoms with Gasteiger partial charge in [0.15, 0.2) is 12.1 Å². The number of hydrogen-bond acceptors (Lipinski definition) is 4. The monoisotopic (exact) mass is 255 g/mol. The summed E-state index contributed by atoms with van der Waals surface area (Å²) in [6.45, 7) is 1.12. The fourth-order valence-corrected chi connectivity index (χ4v) is 2.11. The van der Waals surface area contributed by atoms with E-state index in [4.69, 9.17) is 9.47 Å². The number of hydrogen-bond donors (Lipinski definition) is 0. The Morgan fingerprint density at radius 1 is 1.05 bits per heavy atom. The number of rotatable bonds is 3. The van der Waals surface area contributed by atoms with E-state index in [1.807, 2.05) is 18.2 Å². The summed E-state index contributed by atoms with van der Waals surface area (Å²) in [7, 11) is 0. The smallest absolute Gasteiger partial charge is 0.193 e. The molecule has 1 aliphatic rings. The maximum Gasteiger partial charge on any atom is 0.193 e. The predicted molar refractivity (Wildman–Crippen MR) is 68.8 cm³/mol. The number of carbonyl (C=O) groups excluding carboxylic acids is 1. The lowest BCUT2D eigenvalue weighted by Crippen LogP contribution is -2.09. The van der Waals surface area contributed by atoms with Crippen LogP contribution in [0.25, 0.3) is 0 Å². The second-order valence-corrected chi connectivity index (χ2v) is 4.23. The van der Waals surface area contributed by atoms with E-state index in [1.165, 1.54) is 0 Å². The second-order valence-electron chi connectivity index (χ2n) is 4.23. The highest BCUT2D eigenvalue weighted by molar-refractivity contribution is 6.09. The molecule has 1 aromatic heterocycles. The fourth-order valence-electron chi connectivity index (χ4n) is 2.11. The Balaban J connectivity index is 1.98. The zero-order valence-corrected chi connectivity index (χ0v) is 10.3. The Morgan fingerprint density at radius 2 is 1.74 bits per heavy atom. The first-order valence-corrected chi connectivity index (χ1v) is 6.13. The quantitative estimate of drug-likeness (QED) is 0.790. The maximum atomic E-state index is 12.5. The third kappa shape index (κ3) is 2.41. The van der Waals surface area contributed by atoms with Gasteiger partial charge in [-0.3, -0.25) is 9.78 Å². The third-order valence-corrected chi connectivity index (χ3v) is 3.02. The molecule has 0 radical (unpaired) electrons. The summed E-state index contributed by atoms with van der Waals surface area (Å²) in [5.74, 6) is -0.0444. The highest BCUT2D eigenvalue weighted by Gasteiger charge is 2.24. The van der Waals surface area contributed by atoms with Crippen molar-refractivity contribution < 1.29 is 14.3 Å². The van der Waals surface area contributed by atoms with E-state index in [9.17, 15) is 4.79 Å². The summed E-state index contributed by atoms with van der Waals surface area (Å²) in [6.07, 6.45) is 2.78. The predicted octanol–water partition coefficient (Wildman–Crippen LogP) is 2.36. The lowest BCUT2D eigenvalue weighted by Gasteiger charge is -2.13. The molecule has 0 N–H and O–H groups in total. The van der Waals surface area contributed by atoms with Crippen LogP contribution in [0.15, 0.2) is 48.8 Å². The standard InChI is InChI=1S/C15H13NO3/c17-14(11-5-7-16-8-6-11)12-3-1-2-4-13(12)15-18-9-10-19-15/h1-8,15H,9-10H2. The van der Waals surface area contributed by atoms with Gasteiger partial charge in [-0.2, -0.15) is 0 Å². The van der Waals surface area contributed by atoms with E-state index in [-0.39, 0.29) is 5.78 Å². The van der Waals surface area contributed by atoms with Gasteiger partial charge in [-0.1, -0.05) is 24.3 Å². The lowest BCUT2D eigenvalue weighted by atomic mass is 9.99. The maximum absolute atomic E-state index is 12.5. The number of carbonyl (C=O) groups is 1. The second kappa shape index (κ2) is 5.30. The number of aromatic nitrogens is 1. The summed E-state index contributed by atoms with van der Waals surface area (Å²) in [4.78, 5) is 16.4. The Bertz CT molecular complexity index is 577. The van der Waals surface area contributed by atoms with E-state index in [0.717, 1.165) is 5.56 Å². The molecule has 0 saturated carbocycles. The molecule has 1 fully saturated rings. The summed E-state index contributed by atoms with van der Waals surface area (Å²) < 4.78 is 11.0. The Labute approximate surface area is 111 Å². The molecule has 1 saturated heterocycles. The van der Waals surface area contributed by atoms with Crippen LogP contribution in [0.1, 0.15) is 27.8 Å². The summed E-state index contributed by atoms with van der Waals surface area (Å²) in [5, 5.41) is 0. The Morgan fingerprint density at radius 3 is 2.47 bits per heavy atom. The highest BCUT2D eigenvalue weighted by Crippen LogP contribution is 2.27. The Hall–Kier alpha value is -2.04. The molecule has 4 nitrogen and oxygen atoms in total. The number of pyridine rings is 1. The van der Waals surface area contributed by atoms with Crippen LogP contribution in [-0.4, -0.2) is 24.0 Å². The van der Waals surface area contributed by atoms with Gasteiger partial charge in [0, 0.05) is 29.1 Å². The molecule has 0 atom stereocenters. The Kier molecular flexibility index (Phi) is 3.35. The van der Waals surface area contributed by atoms with Crippen LogP contribution >= 0.6 is 0 Å². The molecular weight excluding hydrogens is 242 g/mol. The largest absolute Gasteiger partial charge is 0.346 e. The first-order chi connectivity index (χ1) is 9.36. The first kappa shape index (κ1) is 12.0. The van der Waals surface area contributed by atoms with Crippen molar-refractivity contribution in [1.82, 2.24) is 4.98 Å². The number of ketones is 1. The van der Waals surface area contributed by atoms with E-state index in [2.05, 4.69) is 4.98 Å². The van der Waals surface area contributed by atoms with Gasteiger partial charge in [0.1, 0.15) is 0 Å². The van der Waals surface area contributed by atoms with Crippen LogP contribution in [-0.2, 0) is 9.47 Å². The minimum atomic E-state index is -0.443. The summed E-state index contributed by atoms with van der Waals surface area (Å²) in [5.41, 5.74) is 2.00. The van der Waals surface area contributed by atoms with E-state index in [0.29, 0.717) is 24.3 Å². The molecule has 4 heteroatoms. The van der Waals surface area contributed by atoms with Gasteiger partial charge >= 0.3 is 0 Å². The number of nitrogens with zero attached hydrogens (tertiary/aromatic N) is 1. The normalized spacial score (nSPS) is 15.6. The van der Waals surface area contributed by atoms with Crippen LogP contribution in [0.3, 0.4) is 0 Å². The van der Waals surface area contributed by atoms with Gasteiger partial charge in [0.25, 0.3) is 0 Å². The van der Waals surface area contributed by atoms with Crippen molar-refractivity contribution in [3.05, 3.63) is 65.5 Å². The third-order valence-electron chi connectivity index (χ3n) is 3.02.